The summed E-state index contributed by atoms with van der Waals surface area (Å²) in [6, 6.07) is 0.176. The second kappa shape index (κ2) is 7.93. The number of hydrogen-bond acceptors (Lipinski definition) is 5. The number of fused-ring (bicyclic) bond motifs is 3. The molecule has 0 radical (unpaired) electrons. The maximum atomic E-state index is 12.5. The molecule has 3 aliphatic carbocycles. The molecule has 2 fully saturated rings. The van der Waals surface area contributed by atoms with Gasteiger partial charge in [-0.3, -0.25) is 19.0 Å². The van der Waals surface area contributed by atoms with Gasteiger partial charge in [-0.2, -0.15) is 0 Å². The van der Waals surface area contributed by atoms with Crippen LogP contribution in [-0.4, -0.2) is 37.3 Å². The van der Waals surface area contributed by atoms with Crippen molar-refractivity contribution >= 4 is 23.4 Å². The quantitative estimate of drug-likeness (QED) is 0.794. The number of hydrogen-bond donors (Lipinski definition) is 1. The van der Waals surface area contributed by atoms with Gasteiger partial charge >= 0.3 is 0 Å². The monoisotopic (exact) mass is 407 g/mol. The Morgan fingerprint density at radius 2 is 2.20 bits per heavy atom. The highest BCUT2D eigenvalue weighted by Crippen LogP contribution is 2.41. The molecule has 7 heteroatoms. The molecule has 0 spiro atoms. The van der Waals surface area contributed by atoms with E-state index in [2.05, 4.69) is 44.0 Å². The molecule has 158 valence electrons. The highest BCUT2D eigenvalue weighted by Gasteiger charge is 2.38. The molecule has 3 aliphatic rings. The van der Waals surface area contributed by atoms with E-state index in [4.69, 9.17) is 0 Å². The van der Waals surface area contributed by atoms with E-state index in [-0.39, 0.29) is 17.9 Å². The van der Waals surface area contributed by atoms with Gasteiger partial charge in [0.1, 0.15) is 11.6 Å². The van der Waals surface area contributed by atoms with Crippen molar-refractivity contribution in [3.05, 3.63) is 29.5 Å². The van der Waals surface area contributed by atoms with Gasteiger partial charge in [0.2, 0.25) is 5.91 Å². The highest BCUT2D eigenvalue weighted by molar-refractivity contribution is 5.81. The van der Waals surface area contributed by atoms with Gasteiger partial charge in [-0.05, 0) is 43.6 Å². The van der Waals surface area contributed by atoms with Gasteiger partial charge in [0, 0.05) is 37.6 Å². The van der Waals surface area contributed by atoms with Crippen molar-refractivity contribution in [2.45, 2.75) is 76.7 Å². The summed E-state index contributed by atoms with van der Waals surface area (Å²) in [5.74, 6) is 2.63. The summed E-state index contributed by atoms with van der Waals surface area (Å²) >= 11 is 0. The maximum absolute atomic E-state index is 12.5. The lowest BCUT2D eigenvalue weighted by molar-refractivity contribution is -0.122. The molecule has 0 saturated heterocycles. The molecule has 2 aromatic rings. The van der Waals surface area contributed by atoms with Crippen LogP contribution >= 0.6 is 0 Å². The van der Waals surface area contributed by atoms with Crippen LogP contribution in [0.3, 0.4) is 0 Å². The van der Waals surface area contributed by atoms with E-state index in [1.165, 1.54) is 0 Å². The number of amides is 1. The lowest BCUT2D eigenvalue weighted by atomic mass is 9.93. The molecule has 2 saturated carbocycles. The Bertz CT molecular complexity index is 1010. The molecule has 1 unspecified atom stereocenters. The molecule has 2 aromatic heterocycles. The molecule has 0 bridgehead atoms. The van der Waals surface area contributed by atoms with Crippen LogP contribution in [0.1, 0.15) is 81.4 Å². The first-order chi connectivity index (χ1) is 14.6. The van der Waals surface area contributed by atoms with Gasteiger partial charge in [0.25, 0.3) is 0 Å². The molecule has 2 heterocycles. The normalized spacial score (nSPS) is 27.8. The number of nitrogens with zero attached hydrogens (tertiary/aromatic N) is 4. The van der Waals surface area contributed by atoms with Gasteiger partial charge in [-0.25, -0.2) is 0 Å². The number of nitrogens with one attached hydrogen (secondary N) is 1. The van der Waals surface area contributed by atoms with Crippen LogP contribution in [-0.2, 0) is 16.0 Å². The fourth-order valence-electron chi connectivity index (χ4n) is 5.60. The van der Waals surface area contributed by atoms with E-state index in [1.807, 2.05) is 6.20 Å². The Labute approximate surface area is 176 Å². The van der Waals surface area contributed by atoms with Crippen LogP contribution in [0.4, 0.5) is 0 Å². The number of allylic oxidation sites excluding steroid dienone is 1. The van der Waals surface area contributed by atoms with Crippen molar-refractivity contribution in [1.29, 1.82) is 0 Å². The first-order valence-corrected chi connectivity index (χ1v) is 11.3. The molecule has 4 atom stereocenters. The first kappa shape index (κ1) is 19.4. The Morgan fingerprint density at radius 3 is 3.00 bits per heavy atom. The zero-order valence-corrected chi connectivity index (χ0v) is 17.5. The molecular formula is C23H29N5O2. The molecule has 1 N–H and O–H groups in total. The number of carbonyl (C=O) groups is 2. The maximum Gasteiger partial charge on any atom is 0.220 e. The summed E-state index contributed by atoms with van der Waals surface area (Å²) in [6.07, 6.45) is 13.5. The van der Waals surface area contributed by atoms with Crippen molar-refractivity contribution in [3.63, 3.8) is 0 Å². The van der Waals surface area contributed by atoms with Gasteiger partial charge in [0.05, 0.1) is 17.6 Å². The predicted octanol–water partition coefficient (Wildman–Crippen LogP) is 3.23. The van der Waals surface area contributed by atoms with Crippen molar-refractivity contribution in [1.82, 2.24) is 24.9 Å². The smallest absolute Gasteiger partial charge is 0.220 e. The van der Waals surface area contributed by atoms with Gasteiger partial charge in [-0.1, -0.05) is 19.4 Å². The summed E-state index contributed by atoms with van der Waals surface area (Å²) in [7, 11) is 0. The summed E-state index contributed by atoms with van der Waals surface area (Å²) in [4.78, 5) is 28.5. The fourth-order valence-corrected chi connectivity index (χ4v) is 5.60. The van der Waals surface area contributed by atoms with Crippen molar-refractivity contribution in [2.24, 2.45) is 11.8 Å². The standard InChI is InChI=1S/C23H29N5O2/c1-2-15-11-16(25-22(30)9-7-14-6-8-17(29)10-14)12-18(15)23-27-26-21-13-24-19-4-3-5-20(19)28(21)23/h3,5,13-16,18H,2,4,6-12H2,1H3,(H,25,30)/t14?,15-,16+,18+/m1/s1. The largest absolute Gasteiger partial charge is 0.353 e. The second-order valence-electron chi connectivity index (χ2n) is 9.15. The Kier molecular flexibility index (Phi) is 5.13. The predicted molar refractivity (Wildman–Crippen MR) is 113 cm³/mol. The van der Waals surface area contributed by atoms with Gasteiger partial charge in [-0.15, -0.1) is 10.2 Å². The van der Waals surface area contributed by atoms with Crippen molar-refractivity contribution in [3.8, 4) is 0 Å². The number of Topliss-reactive ketones (excluding diaryl/α,β-unsaturated/α-hetero) is 1. The molecule has 0 aromatic carbocycles. The van der Waals surface area contributed by atoms with Crippen LogP contribution in [0.5, 0.6) is 0 Å². The molecule has 7 nitrogen and oxygen atoms in total. The molecular weight excluding hydrogens is 378 g/mol. The Balaban J connectivity index is 1.28. The Hall–Kier alpha value is -2.57. The third-order valence-corrected chi connectivity index (χ3v) is 7.22. The van der Waals surface area contributed by atoms with Crippen LogP contribution in [0.15, 0.2) is 12.3 Å². The minimum absolute atomic E-state index is 0.119. The molecule has 5 rings (SSSR count). The van der Waals surface area contributed by atoms with E-state index < -0.39 is 0 Å². The molecule has 30 heavy (non-hydrogen) atoms. The summed E-state index contributed by atoms with van der Waals surface area (Å²) in [6.45, 7) is 2.22. The second-order valence-corrected chi connectivity index (χ2v) is 9.15. The Morgan fingerprint density at radius 1 is 1.30 bits per heavy atom. The lowest BCUT2D eigenvalue weighted by Gasteiger charge is -2.16. The van der Waals surface area contributed by atoms with Crippen LogP contribution < -0.4 is 5.32 Å². The summed E-state index contributed by atoms with van der Waals surface area (Å²) in [5, 5.41) is 12.2. The van der Waals surface area contributed by atoms with Crippen molar-refractivity contribution in [2.75, 3.05) is 0 Å². The number of ketones is 1. The summed E-state index contributed by atoms with van der Waals surface area (Å²) < 4.78 is 2.17. The minimum atomic E-state index is 0.119. The van der Waals surface area contributed by atoms with Crippen LogP contribution in [0.2, 0.25) is 0 Å². The van der Waals surface area contributed by atoms with Crippen molar-refractivity contribution < 1.29 is 9.59 Å². The zero-order chi connectivity index (χ0) is 20.7. The van der Waals surface area contributed by atoms with E-state index in [0.29, 0.717) is 36.9 Å². The molecule has 1 amide bonds. The topological polar surface area (TPSA) is 89.2 Å². The van der Waals surface area contributed by atoms with E-state index in [0.717, 1.165) is 61.4 Å². The van der Waals surface area contributed by atoms with Gasteiger partial charge < -0.3 is 5.32 Å². The van der Waals surface area contributed by atoms with E-state index >= 15 is 0 Å². The number of rotatable bonds is 6. The first-order valence-electron chi connectivity index (χ1n) is 11.3. The van der Waals surface area contributed by atoms with Crippen LogP contribution in [0, 0.1) is 11.8 Å². The van der Waals surface area contributed by atoms with Gasteiger partial charge in [0.15, 0.2) is 5.65 Å². The highest BCUT2D eigenvalue weighted by atomic mass is 16.1. The third-order valence-electron chi connectivity index (χ3n) is 7.22. The van der Waals surface area contributed by atoms with Crippen LogP contribution in [0.25, 0.3) is 11.7 Å². The van der Waals surface area contributed by atoms with E-state index in [1.54, 1.807) is 0 Å². The average molecular weight is 408 g/mol. The number of aromatic nitrogens is 4. The molecule has 0 aliphatic heterocycles. The SMILES string of the molecule is CC[C@@H]1C[C@H](NC(=O)CCC2CCC(=O)C2)C[C@@H]1c1nnc2cnc3c(n12)C=CC3. The minimum Gasteiger partial charge on any atom is -0.353 e. The average Bonchev–Trinajstić information content (AvgIpc) is 3.50. The zero-order valence-electron chi connectivity index (χ0n) is 17.5. The third kappa shape index (κ3) is 3.55. The lowest BCUT2D eigenvalue weighted by Crippen LogP contribution is -2.33. The summed E-state index contributed by atoms with van der Waals surface area (Å²) in [5.41, 5.74) is 2.97. The fraction of sp³-hybridized carbons (Fsp3) is 0.609. The van der Waals surface area contributed by atoms with E-state index in [9.17, 15) is 9.59 Å². The number of carbonyl (C=O) groups excluding carboxylic acids is 2.